The average Bonchev–Trinajstić information content (AvgIpc) is 3.06. The fourth-order valence-corrected chi connectivity index (χ4v) is 3.48. The molecule has 1 aromatic heterocycles. The molecule has 0 amide bonds. The number of benzene rings is 1. The molecule has 160 valence electrons. The maximum absolute atomic E-state index is 12.3. The Balaban J connectivity index is 0.00000300. The Morgan fingerprint density at radius 3 is 2.79 bits per heavy atom. The minimum atomic E-state index is 0. The van der Waals surface area contributed by atoms with Crippen molar-refractivity contribution in [1.29, 1.82) is 0 Å². The maximum atomic E-state index is 12.3. The molecule has 2 aromatic rings. The molecule has 0 radical (unpaired) electrons. The van der Waals surface area contributed by atoms with Crippen LogP contribution in [0.25, 0.3) is 0 Å². The van der Waals surface area contributed by atoms with Gasteiger partial charge in [-0.3, -0.25) is 9.56 Å². The van der Waals surface area contributed by atoms with Crippen molar-refractivity contribution in [2.45, 2.75) is 45.2 Å². The molecule has 8 nitrogen and oxygen atoms in total. The van der Waals surface area contributed by atoms with E-state index in [1.165, 1.54) is 0 Å². The Morgan fingerprint density at radius 1 is 1.24 bits per heavy atom. The predicted octanol–water partition coefficient (Wildman–Crippen LogP) is 1.81. The van der Waals surface area contributed by atoms with Gasteiger partial charge in [0.2, 0.25) is 0 Å². The lowest BCUT2D eigenvalue weighted by molar-refractivity contribution is 0.409. The van der Waals surface area contributed by atoms with Crippen LogP contribution in [0.5, 0.6) is 5.75 Å². The first-order chi connectivity index (χ1) is 13.7. The van der Waals surface area contributed by atoms with Gasteiger partial charge in [0.1, 0.15) is 11.6 Å². The summed E-state index contributed by atoms with van der Waals surface area (Å²) in [4.78, 5) is 16.6. The van der Waals surface area contributed by atoms with E-state index >= 15 is 0 Å². The summed E-state index contributed by atoms with van der Waals surface area (Å²) >= 11 is 0. The van der Waals surface area contributed by atoms with E-state index in [4.69, 9.17) is 4.74 Å². The number of ether oxygens (including phenoxy) is 1. The first-order valence-corrected chi connectivity index (χ1v) is 9.96. The molecule has 2 heterocycles. The number of para-hydroxylation sites is 1. The SMILES string of the molecule is CN=C(NCCCn1nc2n(c1=O)CCCC2)NCCc1ccccc1OC.I. The van der Waals surface area contributed by atoms with Crippen LogP contribution in [0.1, 0.15) is 30.7 Å². The number of aromatic nitrogens is 3. The van der Waals surface area contributed by atoms with E-state index in [2.05, 4.69) is 26.8 Å². The van der Waals surface area contributed by atoms with E-state index in [0.29, 0.717) is 6.54 Å². The van der Waals surface area contributed by atoms with Gasteiger partial charge >= 0.3 is 5.69 Å². The molecule has 0 fully saturated rings. The molecule has 9 heteroatoms. The number of hydrogen-bond donors (Lipinski definition) is 2. The quantitative estimate of drug-likeness (QED) is 0.243. The normalized spacial score (nSPS) is 13.4. The van der Waals surface area contributed by atoms with E-state index in [9.17, 15) is 4.79 Å². The second-order valence-corrected chi connectivity index (χ2v) is 6.87. The number of methoxy groups -OCH3 is 1. The molecule has 29 heavy (non-hydrogen) atoms. The molecule has 1 aliphatic heterocycles. The predicted molar refractivity (Wildman–Crippen MR) is 126 cm³/mol. The van der Waals surface area contributed by atoms with Gasteiger partial charge in [-0.1, -0.05) is 18.2 Å². The molecule has 0 unspecified atom stereocenters. The van der Waals surface area contributed by atoms with Crippen LogP contribution < -0.4 is 21.1 Å². The van der Waals surface area contributed by atoms with Crippen molar-refractivity contribution in [1.82, 2.24) is 25.0 Å². The monoisotopic (exact) mass is 514 g/mol. The van der Waals surface area contributed by atoms with Crippen molar-refractivity contribution < 1.29 is 4.74 Å². The highest BCUT2D eigenvalue weighted by Gasteiger charge is 2.16. The van der Waals surface area contributed by atoms with Gasteiger partial charge in [-0.25, -0.2) is 9.48 Å². The minimum Gasteiger partial charge on any atom is -0.496 e. The smallest absolute Gasteiger partial charge is 0.345 e. The van der Waals surface area contributed by atoms with Gasteiger partial charge in [-0.15, -0.1) is 24.0 Å². The molecule has 2 N–H and O–H groups in total. The van der Waals surface area contributed by atoms with Crippen LogP contribution in [0.15, 0.2) is 34.1 Å². The summed E-state index contributed by atoms with van der Waals surface area (Å²) in [5, 5.41) is 11.1. The third kappa shape index (κ3) is 6.22. The standard InChI is InChI=1S/C20H30N6O2.HI/c1-21-19(23-13-11-16-8-3-4-9-17(16)28-2)22-12-7-15-26-20(27)25-14-6-5-10-18(25)24-26;/h3-4,8-9H,5-7,10-15H2,1-2H3,(H2,21,22,23);1H. The summed E-state index contributed by atoms with van der Waals surface area (Å²) < 4.78 is 8.79. The summed E-state index contributed by atoms with van der Waals surface area (Å²) in [7, 11) is 3.45. The van der Waals surface area contributed by atoms with Gasteiger partial charge in [0.05, 0.1) is 7.11 Å². The molecule has 3 rings (SSSR count). The summed E-state index contributed by atoms with van der Waals surface area (Å²) in [5.41, 5.74) is 1.19. The molecule has 0 saturated heterocycles. The van der Waals surface area contributed by atoms with Gasteiger partial charge in [0.15, 0.2) is 5.96 Å². The molecule has 0 spiro atoms. The van der Waals surface area contributed by atoms with Gasteiger partial charge < -0.3 is 15.4 Å². The van der Waals surface area contributed by atoms with E-state index in [-0.39, 0.29) is 29.7 Å². The van der Waals surface area contributed by atoms with Crippen molar-refractivity contribution in [3.63, 3.8) is 0 Å². The topological polar surface area (TPSA) is 85.5 Å². The number of aliphatic imine (C=N–C) groups is 1. The van der Waals surface area contributed by atoms with Gasteiger partial charge in [-0.2, -0.15) is 5.10 Å². The maximum Gasteiger partial charge on any atom is 0.345 e. The Kier molecular flexibility index (Phi) is 9.49. The number of fused-ring (bicyclic) bond motifs is 1. The number of nitrogens with zero attached hydrogens (tertiary/aromatic N) is 4. The van der Waals surface area contributed by atoms with Crippen molar-refractivity contribution in [2.24, 2.45) is 4.99 Å². The first-order valence-electron chi connectivity index (χ1n) is 9.96. The van der Waals surface area contributed by atoms with Crippen LogP contribution in [0.3, 0.4) is 0 Å². The second-order valence-electron chi connectivity index (χ2n) is 6.87. The summed E-state index contributed by atoms with van der Waals surface area (Å²) in [5.74, 6) is 2.59. The highest BCUT2D eigenvalue weighted by molar-refractivity contribution is 14.0. The zero-order valence-corrected chi connectivity index (χ0v) is 19.5. The van der Waals surface area contributed by atoms with Gasteiger partial charge in [0, 0.05) is 39.6 Å². The largest absolute Gasteiger partial charge is 0.496 e. The molecule has 1 aromatic carbocycles. The zero-order valence-electron chi connectivity index (χ0n) is 17.2. The van der Waals surface area contributed by atoms with E-state index in [1.54, 1.807) is 18.8 Å². The number of hydrogen-bond acceptors (Lipinski definition) is 4. The van der Waals surface area contributed by atoms with Crippen molar-refractivity contribution >= 4 is 29.9 Å². The van der Waals surface area contributed by atoms with Crippen LogP contribution >= 0.6 is 24.0 Å². The van der Waals surface area contributed by atoms with E-state index in [1.807, 2.05) is 22.8 Å². The molecular weight excluding hydrogens is 483 g/mol. The summed E-state index contributed by atoms with van der Waals surface area (Å²) in [6.07, 6.45) is 4.75. The number of nitrogens with one attached hydrogen (secondary N) is 2. The van der Waals surface area contributed by atoms with Crippen LogP contribution in [0.4, 0.5) is 0 Å². The van der Waals surface area contributed by atoms with Gasteiger partial charge in [0.25, 0.3) is 0 Å². The molecule has 0 atom stereocenters. The lowest BCUT2D eigenvalue weighted by Crippen LogP contribution is -2.39. The van der Waals surface area contributed by atoms with Crippen LogP contribution in [-0.4, -0.2) is 47.6 Å². The number of aryl methyl sites for hydroxylation is 2. The first kappa shape index (κ1) is 23.2. The Labute approximate surface area is 188 Å². The Bertz CT molecular complexity index is 861. The molecular formula is C20H31IN6O2. The Morgan fingerprint density at radius 2 is 2.03 bits per heavy atom. The third-order valence-corrected chi connectivity index (χ3v) is 4.97. The molecule has 0 aliphatic carbocycles. The Hall–Kier alpha value is -2.04. The van der Waals surface area contributed by atoms with Crippen LogP contribution in [0.2, 0.25) is 0 Å². The highest BCUT2D eigenvalue weighted by atomic mass is 127. The van der Waals surface area contributed by atoms with E-state index in [0.717, 1.165) is 74.8 Å². The number of rotatable bonds is 8. The highest BCUT2D eigenvalue weighted by Crippen LogP contribution is 2.17. The summed E-state index contributed by atoms with van der Waals surface area (Å²) in [6.45, 7) is 2.90. The molecule has 1 aliphatic rings. The average molecular weight is 514 g/mol. The zero-order chi connectivity index (χ0) is 19.8. The fourth-order valence-electron chi connectivity index (χ4n) is 3.48. The third-order valence-electron chi connectivity index (χ3n) is 4.97. The van der Waals surface area contributed by atoms with Gasteiger partial charge in [-0.05, 0) is 37.3 Å². The second kappa shape index (κ2) is 11.8. The number of halogens is 1. The lowest BCUT2D eigenvalue weighted by atomic mass is 10.1. The van der Waals surface area contributed by atoms with Crippen LogP contribution in [0, 0.1) is 0 Å². The van der Waals surface area contributed by atoms with Crippen LogP contribution in [-0.2, 0) is 25.9 Å². The molecule has 0 saturated carbocycles. The van der Waals surface area contributed by atoms with Crippen molar-refractivity contribution in [2.75, 3.05) is 27.2 Å². The summed E-state index contributed by atoms with van der Waals surface area (Å²) in [6, 6.07) is 8.02. The number of guanidine groups is 1. The minimum absolute atomic E-state index is 0. The van der Waals surface area contributed by atoms with E-state index < -0.39 is 0 Å². The molecule has 0 bridgehead atoms. The van der Waals surface area contributed by atoms with Crippen molar-refractivity contribution in [3.8, 4) is 5.75 Å². The lowest BCUT2D eigenvalue weighted by Gasteiger charge is -2.13. The van der Waals surface area contributed by atoms with Crippen molar-refractivity contribution in [3.05, 3.63) is 46.1 Å². The fraction of sp³-hybridized carbons (Fsp3) is 0.550.